The number of carbonyl (C=O) groups excluding carboxylic acids is 4. The zero-order chi connectivity index (χ0) is 39.5. The second-order valence-corrected chi connectivity index (χ2v) is 18.6. The quantitative estimate of drug-likeness (QED) is 0.103. The van der Waals surface area contributed by atoms with Crippen molar-refractivity contribution in [1.29, 1.82) is 0 Å². The largest absolute Gasteiger partial charge is 0.480 e. The van der Waals surface area contributed by atoms with Crippen LogP contribution in [0.25, 0.3) is 0 Å². The molecule has 7 N–H and O–H groups in total. The summed E-state index contributed by atoms with van der Waals surface area (Å²) in [6.45, 7) is 7.45. The number of fused-ring (bicyclic) bond motifs is 4. The minimum absolute atomic E-state index is 0.0191. The van der Waals surface area contributed by atoms with Gasteiger partial charge in [-0.3, -0.25) is 24.0 Å². The number of aliphatic carboxylic acids is 2. The molecule has 4 saturated carbocycles. The van der Waals surface area contributed by atoms with Crippen molar-refractivity contribution in [3.05, 3.63) is 11.1 Å². The van der Waals surface area contributed by atoms with Gasteiger partial charge in [-0.05, 0) is 87.4 Å². The van der Waals surface area contributed by atoms with Crippen LogP contribution in [-0.2, 0) is 38.2 Å². The van der Waals surface area contributed by atoms with Crippen LogP contribution in [0.3, 0.4) is 0 Å². The van der Waals surface area contributed by atoms with Gasteiger partial charge in [0, 0.05) is 36.7 Å². The molecule has 0 radical (unpaired) electrons. The maximum atomic E-state index is 14.5. The molecular formula is C39H56N2O12S. The molecule has 0 bridgehead atoms. The third-order valence-electron chi connectivity index (χ3n) is 14.8. The van der Waals surface area contributed by atoms with Gasteiger partial charge in [-0.2, -0.15) is 11.8 Å². The number of carbonyl (C=O) groups is 6. The van der Waals surface area contributed by atoms with E-state index in [-0.39, 0.29) is 79.2 Å². The van der Waals surface area contributed by atoms with Gasteiger partial charge in [-0.1, -0.05) is 19.4 Å². The Kier molecular flexibility index (Phi) is 11.5. The molecular weight excluding hydrogens is 720 g/mol. The number of nitrogens with two attached hydrogens (primary N) is 1. The molecule has 300 valence electrons. The monoisotopic (exact) mass is 776 g/mol. The van der Waals surface area contributed by atoms with Crippen molar-refractivity contribution in [3.8, 4) is 0 Å². The maximum Gasteiger partial charge on any atom is 0.336 e. The fraction of sp³-hybridized carbons (Fsp3) is 0.795. The van der Waals surface area contributed by atoms with E-state index < -0.39 is 70.5 Å². The van der Waals surface area contributed by atoms with Crippen molar-refractivity contribution in [1.82, 2.24) is 5.32 Å². The molecule has 4 aliphatic carbocycles. The lowest BCUT2D eigenvalue weighted by atomic mass is 9.43. The molecule has 15 heteroatoms. The Balaban J connectivity index is 1.14. The van der Waals surface area contributed by atoms with Gasteiger partial charge in [0.1, 0.15) is 35.9 Å². The number of carboxylic acids is 2. The first-order valence-electron chi connectivity index (χ1n) is 19.4. The Hall–Kier alpha value is -2.85. The summed E-state index contributed by atoms with van der Waals surface area (Å²) < 4.78 is 12.4. The van der Waals surface area contributed by atoms with E-state index in [1.165, 1.54) is 11.8 Å². The van der Waals surface area contributed by atoms with Crippen LogP contribution in [0.4, 0.5) is 0 Å². The molecule has 14 atom stereocenters. The van der Waals surface area contributed by atoms with E-state index in [4.69, 9.17) is 25.4 Å². The standard InChI is InChI=1S/C39H56N2O12S/c1-18-11-28(52-36(51)23(18)16-42)19(2)24-6-7-25-22-13-31-39(53-31)33(47)29(14-30(44)38(39,4)26(22)9-10-37(24,25)3)54-17-20(34(48)41-15-32(45)46)12-21(43)5-8-27(40)35(49)50/h19-20,22,24-29,31,33,42,47H,5-17,40H2,1-4H3,(H,41,48)(H,45,46)(H,49,50)/t19-,20-,22?,24+,25?,26?,27+,28+,29?,31+,33-,37+,38-,39-/m0/s1. The van der Waals surface area contributed by atoms with Crippen LogP contribution in [0.15, 0.2) is 11.1 Å². The number of nitrogens with one attached hydrogen (secondary N) is 1. The molecule has 1 saturated heterocycles. The van der Waals surface area contributed by atoms with Gasteiger partial charge in [0.2, 0.25) is 5.91 Å². The zero-order valence-corrected chi connectivity index (χ0v) is 32.4. The van der Waals surface area contributed by atoms with Gasteiger partial charge >= 0.3 is 17.9 Å². The normalized spacial score (nSPS) is 39.9. The lowest BCUT2D eigenvalue weighted by Gasteiger charge is -2.59. The first-order valence-corrected chi connectivity index (χ1v) is 20.5. The molecule has 0 aromatic heterocycles. The van der Waals surface area contributed by atoms with Crippen LogP contribution in [-0.4, -0.2) is 110 Å². The summed E-state index contributed by atoms with van der Waals surface area (Å²) in [5.41, 5.74) is 4.81. The number of ketones is 2. The van der Waals surface area contributed by atoms with Gasteiger partial charge in [0.15, 0.2) is 0 Å². The Bertz CT molecular complexity index is 1600. The zero-order valence-electron chi connectivity index (χ0n) is 31.6. The number of epoxide rings is 1. The van der Waals surface area contributed by atoms with Crippen molar-refractivity contribution in [3.63, 3.8) is 0 Å². The van der Waals surface area contributed by atoms with Crippen LogP contribution in [0, 0.1) is 46.3 Å². The lowest BCUT2D eigenvalue weighted by Crippen LogP contribution is -2.67. The number of thioether (sulfide) groups is 1. The van der Waals surface area contributed by atoms with Crippen molar-refractivity contribution in [2.75, 3.05) is 18.9 Å². The van der Waals surface area contributed by atoms with Gasteiger partial charge in [0.05, 0.1) is 35.7 Å². The summed E-state index contributed by atoms with van der Waals surface area (Å²) in [6, 6.07) is -1.23. The molecule has 0 aromatic carbocycles. The number of carboxylic acid groups (broad SMARTS) is 2. The minimum Gasteiger partial charge on any atom is -0.480 e. The molecule has 2 aliphatic heterocycles. The molecule has 6 rings (SSSR count). The number of amides is 1. The number of Topliss-reactive ketones (excluding diaryl/α,β-unsaturated/α-hetero) is 2. The van der Waals surface area contributed by atoms with E-state index in [2.05, 4.69) is 19.2 Å². The van der Waals surface area contributed by atoms with Crippen molar-refractivity contribution in [2.24, 2.45) is 52.1 Å². The number of hydrogen-bond donors (Lipinski definition) is 6. The van der Waals surface area contributed by atoms with Crippen LogP contribution in [0.1, 0.15) is 91.9 Å². The van der Waals surface area contributed by atoms with E-state index in [9.17, 15) is 39.0 Å². The molecule has 14 nitrogen and oxygen atoms in total. The maximum absolute atomic E-state index is 14.5. The van der Waals surface area contributed by atoms with E-state index in [1.54, 1.807) is 0 Å². The van der Waals surface area contributed by atoms with Crippen molar-refractivity contribution in [2.45, 2.75) is 127 Å². The van der Waals surface area contributed by atoms with E-state index in [0.717, 1.165) is 37.7 Å². The average molecular weight is 777 g/mol. The number of esters is 1. The topological polar surface area (TPSA) is 243 Å². The first kappa shape index (κ1) is 40.8. The van der Waals surface area contributed by atoms with Crippen molar-refractivity contribution < 1.29 is 58.7 Å². The van der Waals surface area contributed by atoms with Crippen LogP contribution >= 0.6 is 11.8 Å². The Morgan fingerprint density at radius 1 is 1.07 bits per heavy atom. The van der Waals surface area contributed by atoms with Gasteiger partial charge in [0.25, 0.3) is 0 Å². The number of cyclic esters (lactones) is 1. The van der Waals surface area contributed by atoms with Crippen LogP contribution in [0.2, 0.25) is 0 Å². The lowest BCUT2D eigenvalue weighted by molar-refractivity contribution is -0.165. The van der Waals surface area contributed by atoms with Crippen LogP contribution < -0.4 is 11.1 Å². The van der Waals surface area contributed by atoms with Gasteiger partial charge < -0.3 is 41.0 Å². The fourth-order valence-electron chi connectivity index (χ4n) is 11.8. The summed E-state index contributed by atoms with van der Waals surface area (Å²) in [7, 11) is 0. The molecule has 2 heterocycles. The second-order valence-electron chi connectivity index (χ2n) is 17.3. The molecule has 4 unspecified atom stereocenters. The Morgan fingerprint density at radius 3 is 2.44 bits per heavy atom. The third kappa shape index (κ3) is 6.83. The molecule has 1 spiro atoms. The number of rotatable bonds is 15. The summed E-state index contributed by atoms with van der Waals surface area (Å²) in [6.07, 6.45) is 3.01. The molecule has 54 heavy (non-hydrogen) atoms. The molecule has 6 aliphatic rings. The predicted octanol–water partition coefficient (Wildman–Crippen LogP) is 2.26. The summed E-state index contributed by atoms with van der Waals surface area (Å²) in [5.74, 6) is -3.86. The number of aliphatic hydroxyl groups excluding tert-OH is 2. The summed E-state index contributed by atoms with van der Waals surface area (Å²) in [5, 5.41) is 41.6. The smallest absolute Gasteiger partial charge is 0.336 e. The van der Waals surface area contributed by atoms with E-state index >= 15 is 0 Å². The van der Waals surface area contributed by atoms with Crippen LogP contribution in [0.5, 0.6) is 0 Å². The number of hydrogen-bond acceptors (Lipinski definition) is 12. The Labute approximate surface area is 319 Å². The number of ether oxygens (including phenoxy) is 2. The average Bonchev–Trinajstić information content (AvgIpc) is 3.75. The third-order valence-corrected chi connectivity index (χ3v) is 16.2. The first-order chi connectivity index (χ1) is 25.4. The predicted molar refractivity (Wildman–Crippen MR) is 195 cm³/mol. The number of aliphatic hydroxyl groups is 2. The van der Waals surface area contributed by atoms with E-state index in [1.807, 2.05) is 13.8 Å². The molecule has 5 fully saturated rings. The summed E-state index contributed by atoms with van der Waals surface area (Å²) in [4.78, 5) is 75.2. The highest BCUT2D eigenvalue weighted by Crippen LogP contribution is 2.74. The van der Waals surface area contributed by atoms with Gasteiger partial charge in [-0.15, -0.1) is 0 Å². The fourth-order valence-corrected chi connectivity index (χ4v) is 13.2. The van der Waals surface area contributed by atoms with Crippen molar-refractivity contribution >= 4 is 47.1 Å². The highest BCUT2D eigenvalue weighted by molar-refractivity contribution is 8.00. The SMILES string of the molecule is CC1=C(CO)C(=O)O[C@@H]([C@@H](C)[C@H]2CCC3C4C[C@H]5O[C@]56[C@@H](O)C(SC[C@H](CC(=O)CC[C@@H](N)C(=O)O)C(=O)NCC(=O)O)CC(=O)[C@]6(C)C4CC[C@@]32C)C1. The van der Waals surface area contributed by atoms with Gasteiger partial charge in [-0.25, -0.2) is 4.79 Å². The summed E-state index contributed by atoms with van der Waals surface area (Å²) >= 11 is 1.21. The molecule has 0 aromatic rings. The minimum atomic E-state index is -1.25. The highest BCUT2D eigenvalue weighted by Gasteiger charge is 2.82. The molecule has 1 amide bonds. The Morgan fingerprint density at radius 2 is 1.80 bits per heavy atom. The van der Waals surface area contributed by atoms with E-state index in [0.29, 0.717) is 23.8 Å². The second kappa shape index (κ2) is 15.2. The highest BCUT2D eigenvalue weighted by atomic mass is 32.2.